The summed E-state index contributed by atoms with van der Waals surface area (Å²) in [5.41, 5.74) is 8.11. The summed E-state index contributed by atoms with van der Waals surface area (Å²) in [6.07, 6.45) is 1.62. The Morgan fingerprint density at radius 1 is 1.08 bits per heavy atom. The first-order chi connectivity index (χ1) is 11.6. The number of rotatable bonds is 4. The minimum atomic E-state index is -0.519. The molecule has 0 fully saturated rings. The number of methoxy groups -OCH3 is 1. The van der Waals surface area contributed by atoms with E-state index in [1.54, 1.807) is 61.8 Å². The lowest BCUT2D eigenvalue weighted by atomic mass is 10.0. The van der Waals surface area contributed by atoms with Gasteiger partial charge in [-0.3, -0.25) is 9.78 Å². The summed E-state index contributed by atoms with van der Waals surface area (Å²) in [7, 11) is 1.55. The molecule has 0 spiro atoms. The maximum absolute atomic E-state index is 13.8. The van der Waals surface area contributed by atoms with Crippen molar-refractivity contribution in [3.63, 3.8) is 0 Å². The first-order valence-corrected chi connectivity index (χ1v) is 7.29. The van der Waals surface area contributed by atoms with Gasteiger partial charge in [0.15, 0.2) is 0 Å². The molecule has 3 aromatic rings. The van der Waals surface area contributed by atoms with Gasteiger partial charge >= 0.3 is 0 Å². The van der Waals surface area contributed by atoms with Crippen LogP contribution in [0.4, 0.5) is 4.39 Å². The fraction of sp³-hybridized carbons (Fsp3) is 0.0526. The SMILES string of the molecule is COc1ccc(C(N)=O)cc1-c1ccc(-c2ccccc2F)nc1. The van der Waals surface area contributed by atoms with Crippen molar-refractivity contribution in [2.75, 3.05) is 7.11 Å². The number of halogens is 1. The van der Waals surface area contributed by atoms with Gasteiger partial charge in [0.1, 0.15) is 11.6 Å². The summed E-state index contributed by atoms with van der Waals surface area (Å²) < 4.78 is 19.2. The van der Waals surface area contributed by atoms with Crippen molar-refractivity contribution >= 4 is 5.91 Å². The highest BCUT2D eigenvalue weighted by Gasteiger charge is 2.11. The van der Waals surface area contributed by atoms with E-state index in [4.69, 9.17) is 10.5 Å². The summed E-state index contributed by atoms with van der Waals surface area (Å²) in [5, 5.41) is 0. The van der Waals surface area contributed by atoms with Gasteiger partial charge in [0.25, 0.3) is 0 Å². The second kappa shape index (κ2) is 6.50. The van der Waals surface area contributed by atoms with Gasteiger partial charge in [0.2, 0.25) is 5.91 Å². The lowest BCUT2D eigenvalue weighted by Gasteiger charge is -2.10. The number of primary amides is 1. The van der Waals surface area contributed by atoms with Gasteiger partial charge in [-0.2, -0.15) is 0 Å². The van der Waals surface area contributed by atoms with Crippen LogP contribution in [0.25, 0.3) is 22.4 Å². The maximum atomic E-state index is 13.8. The van der Waals surface area contributed by atoms with E-state index in [2.05, 4.69) is 4.98 Å². The number of benzene rings is 2. The number of carbonyl (C=O) groups is 1. The van der Waals surface area contributed by atoms with Crippen LogP contribution in [0.3, 0.4) is 0 Å². The molecule has 1 heterocycles. The average molecular weight is 322 g/mol. The van der Waals surface area contributed by atoms with Crippen molar-refractivity contribution in [3.05, 3.63) is 72.2 Å². The molecular formula is C19H15FN2O2. The van der Waals surface area contributed by atoms with Gasteiger partial charge in [-0.25, -0.2) is 4.39 Å². The van der Waals surface area contributed by atoms with Crippen molar-refractivity contribution in [2.45, 2.75) is 0 Å². The molecule has 0 bridgehead atoms. The Hall–Kier alpha value is -3.21. The number of carbonyl (C=O) groups excluding carboxylic acids is 1. The average Bonchev–Trinajstić information content (AvgIpc) is 2.61. The Labute approximate surface area is 138 Å². The van der Waals surface area contributed by atoms with E-state index in [-0.39, 0.29) is 5.82 Å². The Balaban J connectivity index is 2.04. The highest BCUT2D eigenvalue weighted by atomic mass is 19.1. The monoisotopic (exact) mass is 322 g/mol. The van der Waals surface area contributed by atoms with E-state index >= 15 is 0 Å². The summed E-state index contributed by atoms with van der Waals surface area (Å²) in [4.78, 5) is 15.7. The molecule has 1 aromatic heterocycles. The largest absolute Gasteiger partial charge is 0.496 e. The van der Waals surface area contributed by atoms with Gasteiger partial charge in [-0.05, 0) is 36.4 Å². The van der Waals surface area contributed by atoms with E-state index in [0.717, 1.165) is 5.56 Å². The molecular weight excluding hydrogens is 307 g/mol. The Morgan fingerprint density at radius 3 is 2.50 bits per heavy atom. The minimum absolute atomic E-state index is 0.328. The highest BCUT2D eigenvalue weighted by molar-refractivity contribution is 5.94. The molecule has 0 atom stereocenters. The van der Waals surface area contributed by atoms with Gasteiger partial charge in [-0.1, -0.05) is 18.2 Å². The fourth-order valence-electron chi connectivity index (χ4n) is 2.47. The zero-order chi connectivity index (χ0) is 17.1. The molecule has 0 aliphatic rings. The number of nitrogens with zero attached hydrogens (tertiary/aromatic N) is 1. The zero-order valence-corrected chi connectivity index (χ0v) is 13.0. The van der Waals surface area contributed by atoms with Gasteiger partial charge in [0, 0.05) is 28.5 Å². The smallest absolute Gasteiger partial charge is 0.248 e. The van der Waals surface area contributed by atoms with Gasteiger partial charge in [-0.15, -0.1) is 0 Å². The minimum Gasteiger partial charge on any atom is -0.496 e. The molecule has 1 amide bonds. The van der Waals surface area contributed by atoms with Crippen LogP contribution in [-0.4, -0.2) is 18.0 Å². The van der Waals surface area contributed by atoms with Crippen LogP contribution in [0.1, 0.15) is 10.4 Å². The molecule has 3 rings (SSSR count). The summed E-state index contributed by atoms with van der Waals surface area (Å²) in [6.45, 7) is 0. The van der Waals surface area contributed by atoms with Crippen molar-refractivity contribution in [1.29, 1.82) is 0 Å². The molecule has 0 aliphatic heterocycles. The second-order valence-corrected chi connectivity index (χ2v) is 5.19. The lowest BCUT2D eigenvalue weighted by Crippen LogP contribution is -2.10. The van der Waals surface area contributed by atoms with Gasteiger partial charge < -0.3 is 10.5 Å². The van der Waals surface area contributed by atoms with Crippen LogP contribution in [-0.2, 0) is 0 Å². The third-order valence-corrected chi connectivity index (χ3v) is 3.71. The van der Waals surface area contributed by atoms with Crippen LogP contribution in [0.2, 0.25) is 0 Å². The fourth-order valence-corrected chi connectivity index (χ4v) is 2.47. The molecule has 0 saturated carbocycles. The van der Waals surface area contributed by atoms with Crippen molar-refractivity contribution in [3.8, 4) is 28.1 Å². The molecule has 5 heteroatoms. The normalized spacial score (nSPS) is 10.4. The van der Waals surface area contributed by atoms with E-state index in [1.165, 1.54) is 6.07 Å². The van der Waals surface area contributed by atoms with E-state index in [0.29, 0.717) is 28.1 Å². The zero-order valence-electron chi connectivity index (χ0n) is 13.0. The van der Waals surface area contributed by atoms with Crippen molar-refractivity contribution in [2.24, 2.45) is 5.73 Å². The van der Waals surface area contributed by atoms with Crippen LogP contribution in [0.15, 0.2) is 60.8 Å². The number of aromatic nitrogens is 1. The number of ether oxygens (including phenoxy) is 1. The molecule has 2 N–H and O–H groups in total. The lowest BCUT2D eigenvalue weighted by molar-refractivity contribution is 0.100. The van der Waals surface area contributed by atoms with Crippen molar-refractivity contribution in [1.82, 2.24) is 4.98 Å². The molecule has 2 aromatic carbocycles. The number of nitrogens with two attached hydrogens (primary N) is 1. The van der Waals surface area contributed by atoms with Crippen LogP contribution < -0.4 is 10.5 Å². The number of amides is 1. The topological polar surface area (TPSA) is 65.2 Å². The summed E-state index contributed by atoms with van der Waals surface area (Å²) in [6, 6.07) is 14.9. The molecule has 0 radical (unpaired) electrons. The molecule has 4 nitrogen and oxygen atoms in total. The van der Waals surface area contributed by atoms with Crippen LogP contribution in [0, 0.1) is 5.82 Å². The Bertz CT molecular complexity index is 892. The van der Waals surface area contributed by atoms with Crippen LogP contribution in [0.5, 0.6) is 5.75 Å². The first-order valence-electron chi connectivity index (χ1n) is 7.29. The first kappa shape index (κ1) is 15.7. The predicted molar refractivity (Wildman–Crippen MR) is 90.1 cm³/mol. The summed E-state index contributed by atoms with van der Waals surface area (Å²) >= 11 is 0. The molecule has 0 aliphatic carbocycles. The van der Waals surface area contributed by atoms with E-state index in [9.17, 15) is 9.18 Å². The maximum Gasteiger partial charge on any atom is 0.248 e. The standard InChI is InChI=1S/C19H15FN2O2/c1-24-18-9-7-12(19(21)23)10-15(18)13-6-8-17(22-11-13)14-4-2-3-5-16(14)20/h2-11H,1H3,(H2,21,23). The second-order valence-electron chi connectivity index (χ2n) is 5.19. The summed E-state index contributed by atoms with van der Waals surface area (Å²) in [5.74, 6) is -0.249. The Morgan fingerprint density at radius 2 is 1.88 bits per heavy atom. The van der Waals surface area contributed by atoms with E-state index < -0.39 is 5.91 Å². The van der Waals surface area contributed by atoms with Crippen molar-refractivity contribution < 1.29 is 13.9 Å². The van der Waals surface area contributed by atoms with E-state index in [1.807, 2.05) is 0 Å². The quantitative estimate of drug-likeness (QED) is 0.797. The van der Waals surface area contributed by atoms with Gasteiger partial charge in [0.05, 0.1) is 12.8 Å². The molecule has 0 unspecified atom stereocenters. The number of pyridine rings is 1. The third kappa shape index (κ3) is 2.96. The third-order valence-electron chi connectivity index (χ3n) is 3.71. The molecule has 24 heavy (non-hydrogen) atoms. The highest BCUT2D eigenvalue weighted by Crippen LogP contribution is 2.31. The number of hydrogen-bond acceptors (Lipinski definition) is 3. The number of hydrogen-bond donors (Lipinski definition) is 1. The predicted octanol–water partition coefficient (Wildman–Crippen LogP) is 3.66. The van der Waals surface area contributed by atoms with Crippen LogP contribution >= 0.6 is 0 Å². The molecule has 120 valence electrons. The Kier molecular flexibility index (Phi) is 4.24. The molecule has 0 saturated heterocycles.